The van der Waals surface area contributed by atoms with Crippen molar-refractivity contribution in [1.29, 1.82) is 0 Å². The van der Waals surface area contributed by atoms with Gasteiger partial charge >= 0.3 is 0 Å². The second kappa shape index (κ2) is 22.5. The summed E-state index contributed by atoms with van der Waals surface area (Å²) < 4.78 is 19.4. The topological polar surface area (TPSA) is 121 Å². The van der Waals surface area contributed by atoms with Gasteiger partial charge < -0.3 is 13.3 Å². The van der Waals surface area contributed by atoms with E-state index in [0.717, 1.165) is 77.6 Å². The number of nitro benzene ring substituents is 1. The van der Waals surface area contributed by atoms with Crippen molar-refractivity contribution in [3.05, 3.63) is 275 Å². The van der Waals surface area contributed by atoms with Crippen LogP contribution >= 0.6 is 15.9 Å². The van der Waals surface area contributed by atoms with Crippen molar-refractivity contribution in [2.24, 2.45) is 0 Å². The maximum absolute atomic E-state index is 10.8. The third-order valence-electron chi connectivity index (χ3n) is 11.6. The zero-order chi connectivity index (χ0) is 49.8. The highest BCUT2D eigenvalue weighted by molar-refractivity contribution is 9.10. The highest BCUT2D eigenvalue weighted by Gasteiger charge is 2.21. The number of hydrogen-bond donors (Lipinski definition) is 0. The highest BCUT2D eigenvalue weighted by atomic mass is 79.9. The molecule has 0 aliphatic heterocycles. The van der Waals surface area contributed by atoms with Crippen LogP contribution in [0.1, 0.15) is 0 Å². The van der Waals surface area contributed by atoms with E-state index in [0.29, 0.717) is 29.0 Å². The van der Waals surface area contributed by atoms with Crippen LogP contribution in [0.4, 0.5) is 5.69 Å². The van der Waals surface area contributed by atoms with Crippen LogP contribution in [-0.4, -0.2) is 19.9 Å². The van der Waals surface area contributed by atoms with E-state index in [1.165, 1.54) is 12.1 Å². The second-order valence-electron chi connectivity index (χ2n) is 16.5. The molecule has 0 atom stereocenters. The van der Waals surface area contributed by atoms with Crippen LogP contribution in [0.5, 0.6) is 0 Å². The second-order valence-corrected chi connectivity index (χ2v) is 17.4. The van der Waals surface area contributed by atoms with E-state index in [4.69, 9.17) is 23.2 Å². The van der Waals surface area contributed by atoms with Crippen molar-refractivity contribution in [2.75, 3.05) is 0 Å². The number of aromatic nitrogens is 3. The van der Waals surface area contributed by atoms with Crippen molar-refractivity contribution < 1.29 is 18.2 Å². The summed E-state index contributed by atoms with van der Waals surface area (Å²) in [5.74, 6) is 3.96. The predicted octanol–water partition coefficient (Wildman–Crippen LogP) is 17.7. The molecule has 0 fully saturated rings. The van der Waals surface area contributed by atoms with Gasteiger partial charge in [-0.3, -0.25) is 10.1 Å². The molecule has 12 rings (SSSR count). The molecule has 0 radical (unpaired) electrons. The average molecular weight is 1020 g/mol. The molecule has 0 saturated carbocycles. The van der Waals surface area contributed by atoms with Crippen LogP contribution in [0.25, 0.3) is 102 Å². The van der Waals surface area contributed by atoms with Crippen molar-refractivity contribution in [3.8, 4) is 102 Å². The van der Waals surface area contributed by atoms with Gasteiger partial charge in [0.05, 0.1) is 4.92 Å². The minimum atomic E-state index is -0.426. The van der Waals surface area contributed by atoms with E-state index in [2.05, 4.69) is 45.2 Å². The predicted molar refractivity (Wildman–Crippen MR) is 293 cm³/mol. The number of oxazole rings is 3. The molecule has 10 heteroatoms. The van der Waals surface area contributed by atoms with Crippen molar-refractivity contribution in [1.82, 2.24) is 15.0 Å². The van der Waals surface area contributed by atoms with Gasteiger partial charge in [0.1, 0.15) is 17.1 Å². The van der Waals surface area contributed by atoms with Gasteiger partial charge in [0.2, 0.25) is 17.7 Å². The molecule has 3 aromatic heterocycles. The summed E-state index contributed by atoms with van der Waals surface area (Å²) in [6, 6.07) is 84.2. The summed E-state index contributed by atoms with van der Waals surface area (Å²) in [5, 5.41) is 10.8. The first kappa shape index (κ1) is 47.2. The minimum Gasteiger partial charge on any atom is -0.435 e. The number of non-ortho nitro benzene ring substituents is 1. The van der Waals surface area contributed by atoms with Crippen LogP contribution < -0.4 is 0 Å². The molecule has 0 unspecified atom stereocenters. The molecule has 0 saturated heterocycles. The molecule has 0 aliphatic rings. The van der Waals surface area contributed by atoms with Gasteiger partial charge in [-0.15, -0.1) is 0 Å². The average Bonchev–Trinajstić information content (AvgIpc) is 4.25. The number of benzene rings is 9. The quantitative estimate of drug-likeness (QED) is 0.0981. The summed E-state index contributed by atoms with van der Waals surface area (Å²) in [6.07, 6.45) is 0. The third kappa shape index (κ3) is 11.3. The van der Waals surface area contributed by atoms with E-state index < -0.39 is 4.92 Å². The molecular formula is C63H43BrN4O5. The van der Waals surface area contributed by atoms with Gasteiger partial charge in [-0.1, -0.05) is 216 Å². The number of nitrogens with zero attached hydrogens (tertiary/aromatic N) is 4. The third-order valence-corrected chi connectivity index (χ3v) is 12.1. The lowest BCUT2D eigenvalue weighted by Crippen LogP contribution is -1.87. The number of nitro groups is 1. The largest absolute Gasteiger partial charge is 0.435 e. The number of rotatable bonds is 10. The summed E-state index contributed by atoms with van der Waals surface area (Å²) in [5.41, 5.74) is 11.1. The Bertz CT molecular complexity index is 3500. The zero-order valence-electron chi connectivity index (χ0n) is 39.0. The molecule has 352 valence electrons. The monoisotopic (exact) mass is 1010 g/mol. The molecule has 9 aromatic carbocycles. The van der Waals surface area contributed by atoms with Crippen LogP contribution in [0.3, 0.4) is 0 Å². The summed E-state index contributed by atoms with van der Waals surface area (Å²) >= 11 is 3.46. The fraction of sp³-hybridized carbons (Fsp3) is 0. The van der Waals surface area contributed by atoms with Crippen LogP contribution in [-0.2, 0) is 0 Å². The molecule has 73 heavy (non-hydrogen) atoms. The molecule has 0 spiro atoms. The number of halogens is 1. The number of hydrogen-bond acceptors (Lipinski definition) is 8. The minimum absolute atomic E-state index is 0.0341. The Hall–Kier alpha value is -9.51. The molecule has 0 bridgehead atoms. The smallest absolute Gasteiger partial charge is 0.269 e. The lowest BCUT2D eigenvalue weighted by atomic mass is 10.1. The first-order valence-electron chi connectivity index (χ1n) is 23.4. The first-order valence-corrected chi connectivity index (χ1v) is 24.2. The summed E-state index contributed by atoms with van der Waals surface area (Å²) in [7, 11) is 0. The van der Waals surface area contributed by atoms with Crippen LogP contribution in [0, 0.1) is 10.1 Å². The Morgan fingerprint density at radius 3 is 0.808 bits per heavy atom. The SMILES string of the molecule is Brc1ccc(-c2nc(-c3ccccc3)c(-c3ccccc3)o2)cc1.O=[N+]([O-])c1ccc(-c2nc(-c3ccccc3)c(-c3ccccc3)o2)cc1.c1ccc(-c2nc(-c3ccccc3)c(-c3ccccc3)o2)cc1. The van der Waals surface area contributed by atoms with Crippen LogP contribution in [0.2, 0.25) is 0 Å². The van der Waals surface area contributed by atoms with Gasteiger partial charge in [0.25, 0.3) is 5.69 Å². The normalized spacial score (nSPS) is 10.6. The Kier molecular flexibility index (Phi) is 14.5. The Morgan fingerprint density at radius 2 is 0.534 bits per heavy atom. The van der Waals surface area contributed by atoms with E-state index in [9.17, 15) is 10.1 Å². The van der Waals surface area contributed by atoms with E-state index in [1.54, 1.807) is 12.1 Å². The Labute approximate surface area is 430 Å². The maximum atomic E-state index is 10.8. The van der Waals surface area contributed by atoms with Crippen LogP contribution in [0.15, 0.2) is 279 Å². The molecule has 12 aromatic rings. The lowest BCUT2D eigenvalue weighted by molar-refractivity contribution is -0.384. The van der Waals surface area contributed by atoms with Crippen molar-refractivity contribution in [2.45, 2.75) is 0 Å². The van der Waals surface area contributed by atoms with E-state index in [1.807, 2.05) is 212 Å². The Balaban J connectivity index is 0.000000126. The molecule has 0 N–H and O–H groups in total. The van der Waals surface area contributed by atoms with Gasteiger partial charge in [0, 0.05) is 66.7 Å². The van der Waals surface area contributed by atoms with Gasteiger partial charge in [-0.05, 0) is 48.5 Å². The molecular weight excluding hydrogens is 973 g/mol. The molecule has 0 aliphatic carbocycles. The highest BCUT2D eigenvalue weighted by Crippen LogP contribution is 2.39. The fourth-order valence-electron chi connectivity index (χ4n) is 7.96. The zero-order valence-corrected chi connectivity index (χ0v) is 40.6. The molecule has 3 heterocycles. The van der Waals surface area contributed by atoms with Gasteiger partial charge in [0.15, 0.2) is 17.3 Å². The van der Waals surface area contributed by atoms with Crippen molar-refractivity contribution >= 4 is 21.6 Å². The summed E-state index contributed by atoms with van der Waals surface area (Å²) in [6.45, 7) is 0. The van der Waals surface area contributed by atoms with Crippen molar-refractivity contribution in [3.63, 3.8) is 0 Å². The Morgan fingerprint density at radius 1 is 0.301 bits per heavy atom. The standard InChI is InChI=1S/C21H14BrNO.C21H14N2O3.C21H15NO/c22-18-13-11-17(12-14-18)21-23-19(15-7-3-1-4-8-15)20(24-21)16-9-5-2-6-10-16;24-23(25)18-13-11-17(12-14-18)21-22-19(15-7-3-1-4-8-15)20(26-21)16-9-5-2-6-10-16;1-4-10-16(11-5-1)19-20(17-12-6-2-7-13-17)23-21(22-19)18-14-8-3-9-15-18/h1-14H;1-14H;1-15H. The van der Waals surface area contributed by atoms with Gasteiger partial charge in [-0.2, -0.15) is 0 Å². The molecule has 9 nitrogen and oxygen atoms in total. The lowest BCUT2D eigenvalue weighted by Gasteiger charge is -2.00. The van der Waals surface area contributed by atoms with Gasteiger partial charge in [-0.25, -0.2) is 15.0 Å². The summed E-state index contributed by atoms with van der Waals surface area (Å²) in [4.78, 5) is 24.6. The van der Waals surface area contributed by atoms with E-state index >= 15 is 0 Å². The maximum Gasteiger partial charge on any atom is 0.269 e. The first-order chi connectivity index (χ1) is 35.9. The molecule has 0 amide bonds. The van der Waals surface area contributed by atoms with E-state index in [-0.39, 0.29) is 5.69 Å². The fourth-order valence-corrected chi connectivity index (χ4v) is 8.22.